The third-order valence-corrected chi connectivity index (χ3v) is 7.64. The lowest BCUT2D eigenvalue weighted by Gasteiger charge is -2.34. The number of nitrogens with one attached hydrogen (secondary N) is 1. The van der Waals surface area contributed by atoms with E-state index >= 15 is 0 Å². The maximum atomic E-state index is 12.9. The Hall–Kier alpha value is -3.33. The second-order valence-electron chi connectivity index (χ2n) is 8.65. The fourth-order valence-electron chi connectivity index (χ4n) is 4.42. The van der Waals surface area contributed by atoms with Gasteiger partial charge in [-0.15, -0.1) is 11.3 Å². The van der Waals surface area contributed by atoms with Crippen molar-refractivity contribution in [1.82, 2.24) is 19.8 Å². The molecule has 4 aromatic rings. The monoisotopic (exact) mass is 487 g/mol. The highest BCUT2D eigenvalue weighted by molar-refractivity contribution is 7.21. The van der Waals surface area contributed by atoms with Crippen LogP contribution in [0.4, 0.5) is 5.82 Å². The lowest BCUT2D eigenvalue weighted by molar-refractivity contribution is 0.0643. The van der Waals surface area contributed by atoms with Gasteiger partial charge in [-0.2, -0.15) is 0 Å². The van der Waals surface area contributed by atoms with E-state index in [1.165, 1.54) is 0 Å². The number of aliphatic hydroxyl groups excluding tert-OH is 1. The van der Waals surface area contributed by atoms with E-state index in [2.05, 4.69) is 33.2 Å². The maximum absolute atomic E-state index is 12.9. The molecule has 0 saturated carbocycles. The van der Waals surface area contributed by atoms with Gasteiger partial charge in [0.2, 0.25) is 0 Å². The zero-order valence-corrected chi connectivity index (χ0v) is 20.5. The first kappa shape index (κ1) is 23.4. The molecule has 180 valence electrons. The van der Waals surface area contributed by atoms with Gasteiger partial charge in [-0.1, -0.05) is 49.4 Å². The Balaban J connectivity index is 1.35. The zero-order chi connectivity index (χ0) is 24.2. The predicted molar refractivity (Wildman–Crippen MR) is 141 cm³/mol. The lowest BCUT2D eigenvalue weighted by Crippen LogP contribution is -2.48. The number of piperazine rings is 1. The first-order valence-electron chi connectivity index (χ1n) is 11.9. The van der Waals surface area contributed by atoms with Crippen LogP contribution >= 0.6 is 11.3 Å². The number of benzene rings is 2. The molecule has 0 spiro atoms. The molecule has 2 aromatic heterocycles. The molecule has 1 fully saturated rings. The molecule has 1 aliphatic rings. The number of thiophene rings is 1. The number of rotatable bonds is 7. The van der Waals surface area contributed by atoms with Crippen LogP contribution in [0.15, 0.2) is 67.0 Å². The molecule has 1 saturated heterocycles. The maximum Gasteiger partial charge on any atom is 0.253 e. The summed E-state index contributed by atoms with van der Waals surface area (Å²) in [5.41, 5.74) is 2.75. The number of nitrogens with zero attached hydrogens (tertiary/aromatic N) is 4. The molecule has 8 heteroatoms. The van der Waals surface area contributed by atoms with Crippen molar-refractivity contribution < 1.29 is 9.90 Å². The Kier molecular flexibility index (Phi) is 7.03. The summed E-state index contributed by atoms with van der Waals surface area (Å²) in [5, 5.41) is 14.2. The first-order chi connectivity index (χ1) is 17.2. The Bertz CT molecular complexity index is 1280. The third-order valence-electron chi connectivity index (χ3n) is 6.55. The van der Waals surface area contributed by atoms with E-state index in [0.29, 0.717) is 5.82 Å². The zero-order valence-electron chi connectivity index (χ0n) is 19.7. The first-order valence-corrected chi connectivity index (χ1v) is 12.8. The molecule has 2 N–H and O–H groups in total. The molecule has 0 aliphatic carbocycles. The summed E-state index contributed by atoms with van der Waals surface area (Å²) in [6, 6.07) is 19.5. The number of likely N-dealkylation sites (N-methyl/N-ethyl adjacent to an activating group) is 1. The number of carbonyl (C=O) groups excluding carboxylic acids is 1. The minimum Gasteiger partial charge on any atom is -0.394 e. The lowest BCUT2D eigenvalue weighted by atomic mass is 10.1. The normalized spacial score (nSPS) is 15.3. The number of amides is 1. The quantitative estimate of drug-likeness (QED) is 0.405. The topological polar surface area (TPSA) is 81.6 Å². The van der Waals surface area contributed by atoms with Gasteiger partial charge in [0.25, 0.3) is 5.91 Å². The summed E-state index contributed by atoms with van der Waals surface area (Å²) in [4.78, 5) is 28.1. The summed E-state index contributed by atoms with van der Waals surface area (Å²) in [6.07, 6.45) is 1.55. The van der Waals surface area contributed by atoms with E-state index in [0.717, 1.165) is 64.5 Å². The average Bonchev–Trinajstić information content (AvgIpc) is 3.37. The van der Waals surface area contributed by atoms with Gasteiger partial charge in [0.1, 0.15) is 17.0 Å². The van der Waals surface area contributed by atoms with E-state index < -0.39 is 0 Å². The Morgan fingerprint density at radius 1 is 1.06 bits per heavy atom. The Morgan fingerprint density at radius 2 is 1.80 bits per heavy atom. The summed E-state index contributed by atoms with van der Waals surface area (Å²) in [5.74, 6) is 0.787. The molecule has 2 aromatic carbocycles. The second kappa shape index (κ2) is 10.5. The average molecular weight is 488 g/mol. The van der Waals surface area contributed by atoms with Crippen LogP contribution in [-0.4, -0.2) is 70.1 Å². The van der Waals surface area contributed by atoms with Gasteiger partial charge in [0.05, 0.1) is 18.0 Å². The van der Waals surface area contributed by atoms with Gasteiger partial charge in [0.15, 0.2) is 0 Å². The Morgan fingerprint density at radius 3 is 2.49 bits per heavy atom. The van der Waals surface area contributed by atoms with Crippen LogP contribution < -0.4 is 5.32 Å². The number of hydrogen-bond acceptors (Lipinski definition) is 7. The number of anilines is 1. The second-order valence-corrected chi connectivity index (χ2v) is 9.68. The number of aliphatic hydroxyl groups is 1. The van der Waals surface area contributed by atoms with Crippen LogP contribution in [0.25, 0.3) is 20.7 Å². The van der Waals surface area contributed by atoms with Crippen molar-refractivity contribution in [2.45, 2.75) is 13.0 Å². The van der Waals surface area contributed by atoms with Crippen molar-refractivity contribution >= 4 is 33.3 Å². The summed E-state index contributed by atoms with van der Waals surface area (Å²) in [6.45, 7) is 6.55. The van der Waals surface area contributed by atoms with E-state index in [-0.39, 0.29) is 18.6 Å². The van der Waals surface area contributed by atoms with Gasteiger partial charge in [-0.25, -0.2) is 9.97 Å². The minimum absolute atomic E-state index is 0.0461. The SMILES string of the molecule is CCN1CCN(C(=O)c2ccc(-c3cc4c(NC(CO)c5ccccc5)ncnc4s3)cc2)CC1. The minimum atomic E-state index is -0.262. The number of fused-ring (bicyclic) bond motifs is 1. The number of carbonyl (C=O) groups is 1. The highest BCUT2D eigenvalue weighted by Crippen LogP contribution is 2.36. The van der Waals surface area contributed by atoms with Crippen LogP contribution in [0.5, 0.6) is 0 Å². The third kappa shape index (κ3) is 5.05. The van der Waals surface area contributed by atoms with E-state index in [1.54, 1.807) is 17.7 Å². The van der Waals surface area contributed by atoms with Gasteiger partial charge in [-0.3, -0.25) is 4.79 Å². The van der Waals surface area contributed by atoms with Crippen molar-refractivity contribution in [1.29, 1.82) is 0 Å². The summed E-state index contributed by atoms with van der Waals surface area (Å²) >= 11 is 1.59. The largest absolute Gasteiger partial charge is 0.394 e. The molecule has 0 bridgehead atoms. The fourth-order valence-corrected chi connectivity index (χ4v) is 5.43. The van der Waals surface area contributed by atoms with Gasteiger partial charge >= 0.3 is 0 Å². The van der Waals surface area contributed by atoms with Crippen molar-refractivity contribution in [3.05, 3.63) is 78.1 Å². The fraction of sp³-hybridized carbons (Fsp3) is 0.296. The molecule has 1 atom stereocenters. The smallest absolute Gasteiger partial charge is 0.253 e. The van der Waals surface area contributed by atoms with Gasteiger partial charge in [0, 0.05) is 36.6 Å². The highest BCUT2D eigenvalue weighted by Gasteiger charge is 2.21. The molecule has 3 heterocycles. The van der Waals surface area contributed by atoms with Crippen LogP contribution in [0.3, 0.4) is 0 Å². The van der Waals surface area contributed by atoms with Crippen molar-refractivity contribution in [2.24, 2.45) is 0 Å². The molecule has 0 radical (unpaired) electrons. The Labute approximate surface area is 209 Å². The highest BCUT2D eigenvalue weighted by atomic mass is 32.1. The van der Waals surface area contributed by atoms with Crippen LogP contribution in [0, 0.1) is 0 Å². The number of hydrogen-bond donors (Lipinski definition) is 2. The van der Waals surface area contributed by atoms with Crippen LogP contribution in [0.2, 0.25) is 0 Å². The predicted octanol–water partition coefficient (Wildman–Crippen LogP) is 4.28. The summed E-state index contributed by atoms with van der Waals surface area (Å²) in [7, 11) is 0. The summed E-state index contributed by atoms with van der Waals surface area (Å²) < 4.78 is 0. The van der Waals surface area contributed by atoms with Crippen molar-refractivity contribution in [2.75, 3.05) is 44.6 Å². The molecule has 1 amide bonds. The molecule has 1 aliphatic heterocycles. The molecule has 5 rings (SSSR count). The molecule has 1 unspecified atom stereocenters. The van der Waals surface area contributed by atoms with Crippen molar-refractivity contribution in [3.63, 3.8) is 0 Å². The van der Waals surface area contributed by atoms with E-state index in [9.17, 15) is 9.90 Å². The molecule has 7 nitrogen and oxygen atoms in total. The van der Waals surface area contributed by atoms with Gasteiger partial charge < -0.3 is 20.2 Å². The van der Waals surface area contributed by atoms with Crippen LogP contribution in [-0.2, 0) is 0 Å². The molecular formula is C27H29N5O2S. The van der Waals surface area contributed by atoms with Crippen molar-refractivity contribution in [3.8, 4) is 10.4 Å². The van der Waals surface area contributed by atoms with Crippen LogP contribution in [0.1, 0.15) is 28.9 Å². The standard InChI is InChI=1S/C27H29N5O2S/c1-2-31-12-14-32(15-13-31)27(34)21-10-8-20(9-11-21)24-16-22-25(28-18-29-26(22)35-24)30-23(17-33)19-6-4-3-5-7-19/h3-11,16,18,23,33H,2,12-15,17H2,1H3,(H,28,29,30). The number of aromatic nitrogens is 2. The van der Waals surface area contributed by atoms with Gasteiger partial charge in [-0.05, 0) is 35.9 Å². The molecular weight excluding hydrogens is 458 g/mol. The van der Waals surface area contributed by atoms with E-state index in [1.807, 2.05) is 59.5 Å². The molecule has 35 heavy (non-hydrogen) atoms. The van der Waals surface area contributed by atoms with E-state index in [4.69, 9.17) is 0 Å².